The number of hydrogen-bond acceptors (Lipinski definition) is 3. The second-order valence-electron chi connectivity index (χ2n) is 1.74. The Labute approximate surface area is 63.2 Å². The average Bonchev–Trinajstić information content (AvgIpc) is 2.38. The Kier molecular flexibility index (Phi) is 2.34. The van der Waals surface area contributed by atoms with E-state index < -0.39 is 0 Å². The first-order valence-corrected chi connectivity index (χ1v) is 3.84. The van der Waals surface area contributed by atoms with Crippen LogP contribution in [0.1, 0.15) is 17.4 Å². The smallest absolute Gasteiger partial charge is 0.204 e. The van der Waals surface area contributed by atoms with Crippen molar-refractivity contribution in [3.05, 3.63) is 28.7 Å². The van der Waals surface area contributed by atoms with Gasteiger partial charge in [-0.15, -0.1) is 11.3 Å². The third kappa shape index (κ3) is 1.51. The fourth-order valence-corrected chi connectivity index (χ4v) is 1.11. The van der Waals surface area contributed by atoms with Gasteiger partial charge in [0.25, 0.3) is 0 Å². The number of aromatic nitrogens is 1. The number of allylic oxidation sites excluding steroid dienone is 2. The van der Waals surface area contributed by atoms with Crippen LogP contribution in [0.5, 0.6) is 0 Å². The Bertz CT molecular complexity index is 238. The van der Waals surface area contributed by atoms with Crippen LogP contribution in [0.2, 0.25) is 0 Å². The minimum atomic E-state index is -0.0243. The monoisotopic (exact) mass is 153 g/mol. The zero-order valence-electron chi connectivity index (χ0n) is 5.57. The summed E-state index contributed by atoms with van der Waals surface area (Å²) in [5.74, 6) is -0.0243. The minimum absolute atomic E-state index is 0.0243. The van der Waals surface area contributed by atoms with Crippen molar-refractivity contribution < 1.29 is 4.79 Å². The molecule has 0 unspecified atom stereocenters. The predicted octanol–water partition coefficient (Wildman–Crippen LogP) is 1.90. The van der Waals surface area contributed by atoms with Gasteiger partial charge in [-0.3, -0.25) is 4.79 Å². The molecule has 0 spiro atoms. The van der Waals surface area contributed by atoms with Crippen LogP contribution in [-0.4, -0.2) is 10.8 Å². The molecule has 1 aromatic rings. The van der Waals surface area contributed by atoms with Gasteiger partial charge in [0.15, 0.2) is 0 Å². The molecule has 1 heterocycles. The molecule has 0 amide bonds. The lowest BCUT2D eigenvalue weighted by Gasteiger charge is -1.82. The van der Waals surface area contributed by atoms with E-state index in [1.807, 2.05) is 6.92 Å². The molecule has 0 N–H and O–H groups in total. The van der Waals surface area contributed by atoms with Gasteiger partial charge in [-0.25, -0.2) is 4.98 Å². The van der Waals surface area contributed by atoms with Crippen LogP contribution in [0, 0.1) is 0 Å². The molecule has 0 bridgehead atoms. The lowest BCUT2D eigenvalue weighted by Crippen LogP contribution is -1.92. The van der Waals surface area contributed by atoms with Gasteiger partial charge in [0, 0.05) is 5.38 Å². The van der Waals surface area contributed by atoms with Crippen LogP contribution in [0.3, 0.4) is 0 Å². The van der Waals surface area contributed by atoms with E-state index in [-0.39, 0.29) is 5.78 Å². The number of rotatable bonds is 2. The van der Waals surface area contributed by atoms with Gasteiger partial charge >= 0.3 is 0 Å². The Morgan fingerprint density at radius 2 is 2.60 bits per heavy atom. The summed E-state index contributed by atoms with van der Waals surface area (Å²) >= 11 is 1.43. The van der Waals surface area contributed by atoms with Crippen LogP contribution in [0.15, 0.2) is 23.0 Å². The normalized spacial score (nSPS) is 10.5. The molecule has 0 fully saturated rings. The van der Waals surface area contributed by atoms with E-state index in [0.717, 1.165) is 0 Å². The second-order valence-corrected chi connectivity index (χ2v) is 2.46. The summed E-state index contributed by atoms with van der Waals surface area (Å²) in [5, 5.41) is 1.74. The molecule has 0 aromatic carbocycles. The topological polar surface area (TPSA) is 30.0 Å². The second kappa shape index (κ2) is 3.27. The maximum absolute atomic E-state index is 11.0. The van der Waals surface area contributed by atoms with E-state index >= 15 is 0 Å². The Hall–Kier alpha value is -0.960. The van der Waals surface area contributed by atoms with E-state index in [0.29, 0.717) is 5.69 Å². The molecule has 1 rings (SSSR count). The van der Waals surface area contributed by atoms with Crippen molar-refractivity contribution in [2.45, 2.75) is 6.92 Å². The zero-order chi connectivity index (χ0) is 7.40. The first-order valence-electron chi connectivity index (χ1n) is 2.90. The molecular weight excluding hydrogens is 146 g/mol. The number of carbonyl (C=O) groups is 1. The molecule has 52 valence electrons. The van der Waals surface area contributed by atoms with Gasteiger partial charge in [0.2, 0.25) is 5.78 Å². The molecule has 0 atom stereocenters. The lowest BCUT2D eigenvalue weighted by atomic mass is 10.3. The number of nitrogens with zero attached hydrogens (tertiary/aromatic N) is 1. The predicted molar refractivity (Wildman–Crippen MR) is 41.3 cm³/mol. The molecule has 2 nitrogen and oxygen atoms in total. The van der Waals surface area contributed by atoms with E-state index in [1.165, 1.54) is 17.4 Å². The summed E-state index contributed by atoms with van der Waals surface area (Å²) in [5.41, 5.74) is 2.18. The van der Waals surface area contributed by atoms with Gasteiger partial charge < -0.3 is 0 Å². The van der Waals surface area contributed by atoms with E-state index in [2.05, 4.69) is 4.98 Å². The third-order valence-electron chi connectivity index (χ3n) is 1.00. The van der Waals surface area contributed by atoms with Crippen molar-refractivity contribution in [2.75, 3.05) is 0 Å². The molecular formula is C7H7NOS. The van der Waals surface area contributed by atoms with Gasteiger partial charge in [-0.1, -0.05) is 6.08 Å². The largest absolute Gasteiger partial charge is 0.288 e. The molecule has 0 aliphatic rings. The third-order valence-corrected chi connectivity index (χ3v) is 1.59. The molecule has 10 heavy (non-hydrogen) atoms. The van der Waals surface area contributed by atoms with Crippen molar-refractivity contribution in [3.8, 4) is 0 Å². The first kappa shape index (κ1) is 7.15. The summed E-state index contributed by atoms with van der Waals surface area (Å²) in [7, 11) is 0. The van der Waals surface area contributed by atoms with E-state index in [4.69, 9.17) is 0 Å². The summed E-state index contributed by atoms with van der Waals surface area (Å²) in [4.78, 5) is 14.8. The van der Waals surface area contributed by atoms with Crippen LogP contribution in [0.4, 0.5) is 0 Å². The van der Waals surface area contributed by atoms with E-state index in [1.54, 1.807) is 17.0 Å². The lowest BCUT2D eigenvalue weighted by molar-refractivity contribution is 0.104. The van der Waals surface area contributed by atoms with Crippen molar-refractivity contribution >= 4 is 17.1 Å². The van der Waals surface area contributed by atoms with Crippen molar-refractivity contribution in [3.63, 3.8) is 0 Å². The quantitative estimate of drug-likeness (QED) is 0.480. The molecule has 0 aliphatic carbocycles. The van der Waals surface area contributed by atoms with E-state index in [9.17, 15) is 4.79 Å². The highest BCUT2D eigenvalue weighted by atomic mass is 32.1. The highest BCUT2D eigenvalue weighted by Crippen LogP contribution is 2.01. The summed E-state index contributed by atoms with van der Waals surface area (Å²) in [6.07, 6.45) is 3.22. The molecule has 0 aliphatic heterocycles. The van der Waals surface area contributed by atoms with Crippen LogP contribution < -0.4 is 0 Å². The van der Waals surface area contributed by atoms with Crippen LogP contribution >= 0.6 is 11.3 Å². The van der Waals surface area contributed by atoms with Crippen molar-refractivity contribution in [2.24, 2.45) is 0 Å². The Morgan fingerprint density at radius 1 is 1.80 bits per heavy atom. The molecule has 0 saturated heterocycles. The highest BCUT2D eigenvalue weighted by molar-refractivity contribution is 7.07. The van der Waals surface area contributed by atoms with Gasteiger partial charge in [0.1, 0.15) is 5.69 Å². The van der Waals surface area contributed by atoms with Gasteiger partial charge in [-0.2, -0.15) is 0 Å². The standard InChI is InChI=1S/C7H7NOS/c1-2-3-7(9)6-4-10-5-8-6/h2-5H,1H3/b3-2+. The summed E-state index contributed by atoms with van der Waals surface area (Å²) in [6, 6.07) is 0. The molecule has 0 saturated carbocycles. The number of ketones is 1. The fourth-order valence-electron chi connectivity index (χ4n) is 0.571. The van der Waals surface area contributed by atoms with Crippen LogP contribution in [0.25, 0.3) is 0 Å². The molecule has 0 radical (unpaired) electrons. The van der Waals surface area contributed by atoms with Crippen molar-refractivity contribution in [1.82, 2.24) is 4.98 Å². The number of thiazole rings is 1. The number of hydrogen-bond donors (Lipinski definition) is 0. The molecule has 3 heteroatoms. The maximum Gasteiger partial charge on any atom is 0.204 e. The van der Waals surface area contributed by atoms with Gasteiger partial charge in [-0.05, 0) is 13.0 Å². The van der Waals surface area contributed by atoms with Gasteiger partial charge in [0.05, 0.1) is 5.51 Å². The van der Waals surface area contributed by atoms with Crippen molar-refractivity contribution in [1.29, 1.82) is 0 Å². The maximum atomic E-state index is 11.0. The Balaban J connectivity index is 2.78. The zero-order valence-corrected chi connectivity index (χ0v) is 6.39. The fraction of sp³-hybridized carbons (Fsp3) is 0.143. The molecule has 1 aromatic heterocycles. The minimum Gasteiger partial charge on any atom is -0.288 e. The summed E-state index contributed by atoms with van der Waals surface area (Å²) < 4.78 is 0. The first-order chi connectivity index (χ1) is 4.84. The number of carbonyl (C=O) groups excluding carboxylic acids is 1. The summed E-state index contributed by atoms with van der Waals surface area (Å²) in [6.45, 7) is 1.81. The average molecular weight is 153 g/mol. The van der Waals surface area contributed by atoms with Crippen LogP contribution in [-0.2, 0) is 0 Å². The Morgan fingerprint density at radius 3 is 3.10 bits per heavy atom. The highest BCUT2D eigenvalue weighted by Gasteiger charge is 2.00. The SMILES string of the molecule is C/C=C/C(=O)c1cscn1.